The molecule has 0 aliphatic heterocycles. The average Bonchev–Trinajstić information content (AvgIpc) is 2.82. The molecule has 0 saturated heterocycles. The van der Waals surface area contributed by atoms with Gasteiger partial charge in [-0.1, -0.05) is 66.2 Å². The van der Waals surface area contributed by atoms with Crippen LogP contribution >= 0.6 is 7.92 Å². The van der Waals surface area contributed by atoms with Crippen LogP contribution in [0.25, 0.3) is 0 Å². The Hall–Kier alpha value is -3.62. The van der Waals surface area contributed by atoms with E-state index in [9.17, 15) is 4.79 Å². The molecule has 4 aromatic rings. The second-order valence-electron chi connectivity index (χ2n) is 8.28. The van der Waals surface area contributed by atoms with E-state index < -0.39 is 7.92 Å². The van der Waals surface area contributed by atoms with Crippen molar-refractivity contribution in [3.05, 3.63) is 108 Å². The van der Waals surface area contributed by atoms with Crippen LogP contribution in [-0.4, -0.2) is 13.1 Å². The van der Waals surface area contributed by atoms with E-state index in [0.717, 1.165) is 5.69 Å². The van der Waals surface area contributed by atoms with E-state index in [0.29, 0.717) is 11.4 Å². The first kappa shape index (κ1) is 23.5. The maximum Gasteiger partial charge on any atom is 0.323 e. The van der Waals surface area contributed by atoms with Crippen molar-refractivity contribution in [2.45, 2.75) is 20.8 Å². The van der Waals surface area contributed by atoms with Crippen molar-refractivity contribution in [1.29, 1.82) is 0 Å². The molecule has 172 valence electrons. The number of urea groups is 1. The van der Waals surface area contributed by atoms with Gasteiger partial charge < -0.3 is 15.4 Å². The lowest BCUT2D eigenvalue weighted by Crippen LogP contribution is -2.25. The molecule has 34 heavy (non-hydrogen) atoms. The van der Waals surface area contributed by atoms with Gasteiger partial charge in [0.2, 0.25) is 0 Å². The maximum atomic E-state index is 12.7. The molecule has 0 radical (unpaired) electrons. The van der Waals surface area contributed by atoms with E-state index in [1.165, 1.54) is 32.6 Å². The minimum absolute atomic E-state index is 0.294. The first-order valence-electron chi connectivity index (χ1n) is 11.2. The lowest BCUT2D eigenvalue weighted by molar-refractivity contribution is 0.262. The van der Waals surface area contributed by atoms with Crippen molar-refractivity contribution < 1.29 is 9.53 Å². The number of methoxy groups -OCH3 is 1. The number of aryl methyl sites for hydroxylation is 3. The molecule has 0 bridgehead atoms. The van der Waals surface area contributed by atoms with Crippen molar-refractivity contribution in [2.75, 3.05) is 17.7 Å². The number of rotatable bonds is 6. The van der Waals surface area contributed by atoms with E-state index in [-0.39, 0.29) is 6.03 Å². The van der Waals surface area contributed by atoms with Gasteiger partial charge in [0.25, 0.3) is 0 Å². The molecule has 1 unspecified atom stereocenters. The molecule has 0 aromatic heterocycles. The molecular weight excluding hydrogens is 439 g/mol. The van der Waals surface area contributed by atoms with E-state index in [1.807, 2.05) is 36.4 Å². The summed E-state index contributed by atoms with van der Waals surface area (Å²) in [5.41, 5.74) is 5.28. The number of benzene rings is 4. The van der Waals surface area contributed by atoms with Crippen LogP contribution in [0, 0.1) is 20.8 Å². The molecule has 4 rings (SSSR count). The zero-order chi connectivity index (χ0) is 24.1. The second-order valence-corrected chi connectivity index (χ2v) is 10.4. The minimum atomic E-state index is -0.784. The lowest BCUT2D eigenvalue weighted by atomic mass is 10.1. The Morgan fingerprint density at radius 1 is 0.706 bits per heavy atom. The largest absolute Gasteiger partial charge is 0.497 e. The van der Waals surface area contributed by atoms with Gasteiger partial charge in [0, 0.05) is 17.4 Å². The van der Waals surface area contributed by atoms with Gasteiger partial charge in [0.05, 0.1) is 7.11 Å². The van der Waals surface area contributed by atoms with E-state index in [4.69, 9.17) is 4.74 Å². The zero-order valence-corrected chi connectivity index (χ0v) is 20.8. The Bertz CT molecular complexity index is 1280. The van der Waals surface area contributed by atoms with Gasteiger partial charge in [-0.2, -0.15) is 0 Å². The summed E-state index contributed by atoms with van der Waals surface area (Å²) in [6.45, 7) is 6.52. The summed E-state index contributed by atoms with van der Waals surface area (Å²) < 4.78 is 5.24. The van der Waals surface area contributed by atoms with Crippen LogP contribution in [0.15, 0.2) is 91.0 Å². The fourth-order valence-corrected chi connectivity index (χ4v) is 6.85. The number of nitrogens with one attached hydrogen (secondary N) is 2. The smallest absolute Gasteiger partial charge is 0.323 e. The lowest BCUT2D eigenvalue weighted by Gasteiger charge is -2.24. The summed E-state index contributed by atoms with van der Waals surface area (Å²) in [5, 5.41) is 9.70. The maximum absolute atomic E-state index is 12.7. The van der Waals surface area contributed by atoms with Gasteiger partial charge in [-0.05, 0) is 80.0 Å². The Labute approximate surface area is 202 Å². The summed E-state index contributed by atoms with van der Waals surface area (Å²) in [6.07, 6.45) is 0. The second kappa shape index (κ2) is 10.5. The van der Waals surface area contributed by atoms with Gasteiger partial charge in [-0.3, -0.25) is 0 Å². The predicted molar refractivity (Wildman–Crippen MR) is 145 cm³/mol. The third kappa shape index (κ3) is 5.47. The molecule has 4 nitrogen and oxygen atoms in total. The third-order valence-electron chi connectivity index (χ3n) is 5.56. The number of anilines is 2. The fourth-order valence-electron chi connectivity index (χ4n) is 4.23. The van der Waals surface area contributed by atoms with E-state index in [2.05, 4.69) is 79.9 Å². The average molecular weight is 469 g/mol. The third-order valence-corrected chi connectivity index (χ3v) is 8.32. The van der Waals surface area contributed by atoms with Gasteiger partial charge >= 0.3 is 6.03 Å². The van der Waals surface area contributed by atoms with Gasteiger partial charge in [0.1, 0.15) is 5.75 Å². The van der Waals surface area contributed by atoms with Crippen LogP contribution < -0.4 is 31.3 Å². The highest BCUT2D eigenvalue weighted by atomic mass is 31.1. The van der Waals surface area contributed by atoms with Crippen molar-refractivity contribution in [3.63, 3.8) is 0 Å². The van der Waals surface area contributed by atoms with Crippen molar-refractivity contribution in [1.82, 2.24) is 0 Å². The molecule has 2 N–H and O–H groups in total. The Kier molecular flexibility index (Phi) is 7.30. The topological polar surface area (TPSA) is 50.4 Å². The molecule has 0 fully saturated rings. The Morgan fingerprint density at radius 2 is 1.29 bits per heavy atom. The molecule has 2 amide bonds. The highest BCUT2D eigenvalue weighted by molar-refractivity contribution is 7.80. The summed E-state index contributed by atoms with van der Waals surface area (Å²) in [6, 6.07) is 30.3. The number of carbonyl (C=O) groups is 1. The molecule has 5 heteroatoms. The first-order valence-corrected chi connectivity index (χ1v) is 12.5. The summed E-state index contributed by atoms with van der Waals surface area (Å²) in [5.74, 6) is 0.692. The first-order chi connectivity index (χ1) is 16.4. The van der Waals surface area contributed by atoms with E-state index in [1.54, 1.807) is 13.2 Å². The number of ether oxygens (including phenoxy) is 1. The van der Waals surface area contributed by atoms with Crippen LogP contribution in [0.5, 0.6) is 5.75 Å². The Balaban J connectivity index is 1.66. The Morgan fingerprint density at radius 3 is 1.94 bits per heavy atom. The van der Waals surface area contributed by atoms with Crippen molar-refractivity contribution in [2.24, 2.45) is 0 Å². The monoisotopic (exact) mass is 468 g/mol. The van der Waals surface area contributed by atoms with Crippen molar-refractivity contribution >= 4 is 41.2 Å². The number of hydrogen-bond donors (Lipinski definition) is 2. The van der Waals surface area contributed by atoms with Gasteiger partial charge in [-0.15, -0.1) is 0 Å². The fraction of sp³-hybridized carbons (Fsp3) is 0.138. The quantitative estimate of drug-likeness (QED) is 0.340. The molecular formula is C29H29N2O2P. The highest BCUT2D eigenvalue weighted by Gasteiger charge is 2.21. The molecule has 0 heterocycles. The zero-order valence-electron chi connectivity index (χ0n) is 19.9. The standard InChI is InChI=1S/C29H29N2O2P/c1-20-16-21(2)28(22(3)17-20)34(26-13-6-5-7-14-26)27-15-9-11-24(19-27)31-29(32)30-23-10-8-12-25(18-23)33-4/h5-19H,1-4H3,(H2,30,31,32). The van der Waals surface area contributed by atoms with Gasteiger partial charge in [-0.25, -0.2) is 4.79 Å². The number of hydrogen-bond acceptors (Lipinski definition) is 2. The van der Waals surface area contributed by atoms with Crippen molar-refractivity contribution in [3.8, 4) is 5.75 Å². The predicted octanol–water partition coefficient (Wildman–Crippen LogP) is 6.02. The number of amides is 2. The molecule has 0 saturated carbocycles. The summed E-state index contributed by atoms with van der Waals surface area (Å²) in [4.78, 5) is 12.7. The van der Waals surface area contributed by atoms with E-state index >= 15 is 0 Å². The number of carbonyl (C=O) groups excluding carboxylic acids is 1. The SMILES string of the molecule is COc1cccc(NC(=O)Nc2cccc(P(c3ccccc3)c3c(C)cc(C)cc3C)c2)c1. The molecule has 0 aliphatic carbocycles. The van der Waals surface area contributed by atoms with Crippen LogP contribution in [0.2, 0.25) is 0 Å². The highest BCUT2D eigenvalue weighted by Crippen LogP contribution is 2.36. The van der Waals surface area contributed by atoms with Crippen LogP contribution in [0.4, 0.5) is 16.2 Å². The molecule has 0 aliphatic rings. The minimum Gasteiger partial charge on any atom is -0.497 e. The van der Waals surface area contributed by atoms with Gasteiger partial charge in [0.15, 0.2) is 0 Å². The van der Waals surface area contributed by atoms with Crippen LogP contribution in [-0.2, 0) is 0 Å². The normalized spacial score (nSPS) is 11.5. The summed E-state index contributed by atoms with van der Waals surface area (Å²) in [7, 11) is 0.820. The molecule has 0 spiro atoms. The van der Waals surface area contributed by atoms with Crippen LogP contribution in [0.3, 0.4) is 0 Å². The molecule has 1 atom stereocenters. The molecule has 4 aromatic carbocycles. The van der Waals surface area contributed by atoms with Crippen LogP contribution in [0.1, 0.15) is 16.7 Å². The summed E-state index contributed by atoms with van der Waals surface area (Å²) >= 11 is 0.